The van der Waals surface area contributed by atoms with E-state index in [0.29, 0.717) is 10.6 Å². The molecular formula is C18H14ClN5O4S. The van der Waals surface area contributed by atoms with Gasteiger partial charge in [0.2, 0.25) is 0 Å². The molecule has 0 aliphatic rings. The van der Waals surface area contributed by atoms with Crippen molar-refractivity contribution >= 4 is 44.9 Å². The van der Waals surface area contributed by atoms with Crippen molar-refractivity contribution in [1.82, 2.24) is 4.98 Å². The Bertz CT molecular complexity index is 1150. The molecule has 0 aliphatic heterocycles. The van der Waals surface area contributed by atoms with Crippen LogP contribution in [0.5, 0.6) is 0 Å². The second-order valence-electron chi connectivity index (χ2n) is 5.71. The molecule has 0 unspecified atom stereocenters. The van der Waals surface area contributed by atoms with Gasteiger partial charge in [0.25, 0.3) is 15.7 Å². The third-order valence-corrected chi connectivity index (χ3v) is 5.32. The number of hydrogen-bond donors (Lipinski definition) is 2. The summed E-state index contributed by atoms with van der Waals surface area (Å²) in [5.74, 6) is 0. The molecule has 29 heavy (non-hydrogen) atoms. The molecule has 0 atom stereocenters. The quantitative estimate of drug-likeness (QED) is 0.332. The molecule has 148 valence electrons. The monoisotopic (exact) mass is 431 g/mol. The number of nitro benzene ring substituents is 1. The molecule has 0 saturated heterocycles. The van der Waals surface area contributed by atoms with E-state index in [1.54, 1.807) is 24.5 Å². The zero-order valence-corrected chi connectivity index (χ0v) is 16.3. The first-order chi connectivity index (χ1) is 13.8. The van der Waals surface area contributed by atoms with Gasteiger partial charge in [-0.15, -0.1) is 0 Å². The van der Waals surface area contributed by atoms with Gasteiger partial charge in [-0.3, -0.25) is 25.2 Å². The molecule has 2 N–H and O–H groups in total. The summed E-state index contributed by atoms with van der Waals surface area (Å²) in [5.41, 5.74) is 3.24. The van der Waals surface area contributed by atoms with Crippen molar-refractivity contribution in [2.75, 3.05) is 10.1 Å². The van der Waals surface area contributed by atoms with Gasteiger partial charge >= 0.3 is 0 Å². The van der Waals surface area contributed by atoms with Crippen LogP contribution in [0.3, 0.4) is 0 Å². The van der Waals surface area contributed by atoms with E-state index < -0.39 is 14.9 Å². The Morgan fingerprint density at radius 1 is 1.14 bits per heavy atom. The highest BCUT2D eigenvalue weighted by Gasteiger charge is 2.22. The highest BCUT2D eigenvalue weighted by molar-refractivity contribution is 7.92. The molecule has 0 bridgehead atoms. The molecule has 0 aliphatic carbocycles. The van der Waals surface area contributed by atoms with Gasteiger partial charge in [0, 0.05) is 40.8 Å². The van der Waals surface area contributed by atoms with Gasteiger partial charge < -0.3 is 0 Å². The first-order valence-corrected chi connectivity index (χ1v) is 9.97. The van der Waals surface area contributed by atoms with Crippen molar-refractivity contribution in [3.63, 3.8) is 0 Å². The zero-order chi connectivity index (χ0) is 20.9. The summed E-state index contributed by atoms with van der Waals surface area (Å²) in [7, 11) is -4.15. The fourth-order valence-corrected chi connectivity index (χ4v) is 3.66. The third kappa shape index (κ3) is 5.27. The topological polar surface area (TPSA) is 127 Å². The number of anilines is 2. The summed E-state index contributed by atoms with van der Waals surface area (Å²) in [6.07, 6.45) is 4.62. The summed E-state index contributed by atoms with van der Waals surface area (Å²) in [6.45, 7) is 0. The van der Waals surface area contributed by atoms with E-state index in [1.807, 2.05) is 0 Å². The van der Waals surface area contributed by atoms with Crippen LogP contribution in [0.15, 0.2) is 77.0 Å². The van der Waals surface area contributed by atoms with Crippen LogP contribution in [-0.4, -0.2) is 24.5 Å². The average molecular weight is 432 g/mol. The zero-order valence-electron chi connectivity index (χ0n) is 14.7. The standard InChI is InChI=1S/C18H14ClN5O4S/c19-14-3-5-15(6-4-14)23-29(27,28)18-10-16(24(25)26)7-8-17(18)22-21-12-13-2-1-9-20-11-13/h1-12,22-23H. The molecule has 0 spiro atoms. The Morgan fingerprint density at radius 3 is 2.55 bits per heavy atom. The number of non-ortho nitro benzene ring substituents is 1. The van der Waals surface area contributed by atoms with Crippen LogP contribution in [-0.2, 0) is 10.0 Å². The van der Waals surface area contributed by atoms with Crippen molar-refractivity contribution < 1.29 is 13.3 Å². The van der Waals surface area contributed by atoms with E-state index in [9.17, 15) is 18.5 Å². The van der Waals surface area contributed by atoms with Gasteiger partial charge in [0.15, 0.2) is 0 Å². The van der Waals surface area contributed by atoms with Crippen LogP contribution in [0.2, 0.25) is 5.02 Å². The highest BCUT2D eigenvalue weighted by atomic mass is 35.5. The molecule has 0 amide bonds. The number of rotatable bonds is 7. The first kappa shape index (κ1) is 20.2. The molecule has 1 heterocycles. The maximum atomic E-state index is 12.8. The number of halogens is 1. The van der Waals surface area contributed by atoms with E-state index in [-0.39, 0.29) is 22.0 Å². The average Bonchev–Trinajstić information content (AvgIpc) is 2.70. The molecule has 11 heteroatoms. The molecule has 3 aromatic rings. The predicted octanol–water partition coefficient (Wildman–Crippen LogP) is 3.89. The van der Waals surface area contributed by atoms with Gasteiger partial charge in [-0.2, -0.15) is 5.10 Å². The molecule has 3 rings (SSSR count). The second kappa shape index (κ2) is 8.67. The minimum atomic E-state index is -4.15. The van der Waals surface area contributed by atoms with E-state index in [0.717, 1.165) is 6.07 Å². The lowest BCUT2D eigenvalue weighted by molar-refractivity contribution is -0.385. The van der Waals surface area contributed by atoms with E-state index >= 15 is 0 Å². The van der Waals surface area contributed by atoms with Gasteiger partial charge in [0.1, 0.15) is 4.90 Å². The Morgan fingerprint density at radius 2 is 1.90 bits per heavy atom. The van der Waals surface area contributed by atoms with E-state index in [1.165, 1.54) is 42.6 Å². The summed E-state index contributed by atoms with van der Waals surface area (Å²) >= 11 is 5.81. The number of nitrogens with one attached hydrogen (secondary N) is 2. The molecule has 0 fully saturated rings. The number of nitrogens with zero attached hydrogens (tertiary/aromatic N) is 3. The van der Waals surface area contributed by atoms with Crippen LogP contribution in [0, 0.1) is 10.1 Å². The summed E-state index contributed by atoms with van der Waals surface area (Å²) in [5, 5.41) is 15.5. The minimum absolute atomic E-state index is 0.0669. The lowest BCUT2D eigenvalue weighted by atomic mass is 10.3. The predicted molar refractivity (Wildman–Crippen MR) is 111 cm³/mol. The molecule has 0 saturated carbocycles. The van der Waals surface area contributed by atoms with Crippen molar-refractivity contribution in [1.29, 1.82) is 0 Å². The highest BCUT2D eigenvalue weighted by Crippen LogP contribution is 2.28. The van der Waals surface area contributed by atoms with Crippen molar-refractivity contribution in [3.05, 3.63) is 87.7 Å². The fraction of sp³-hybridized carbons (Fsp3) is 0. The summed E-state index contributed by atoms with van der Waals surface area (Å²) in [6, 6.07) is 12.9. The lowest BCUT2D eigenvalue weighted by Crippen LogP contribution is -2.15. The molecule has 2 aromatic carbocycles. The number of sulfonamides is 1. The van der Waals surface area contributed by atoms with E-state index in [2.05, 4.69) is 20.2 Å². The number of aromatic nitrogens is 1. The number of hydrazone groups is 1. The lowest BCUT2D eigenvalue weighted by Gasteiger charge is -2.12. The van der Waals surface area contributed by atoms with Gasteiger partial charge in [-0.05, 0) is 36.4 Å². The van der Waals surface area contributed by atoms with Crippen molar-refractivity contribution in [2.24, 2.45) is 5.10 Å². The molecule has 1 aromatic heterocycles. The first-order valence-electron chi connectivity index (χ1n) is 8.11. The van der Waals surface area contributed by atoms with Crippen LogP contribution in [0.4, 0.5) is 17.1 Å². The number of hydrogen-bond acceptors (Lipinski definition) is 7. The Balaban J connectivity index is 1.93. The Labute approximate surface area is 171 Å². The van der Waals surface area contributed by atoms with Crippen molar-refractivity contribution in [2.45, 2.75) is 4.90 Å². The van der Waals surface area contributed by atoms with Crippen LogP contribution < -0.4 is 10.1 Å². The molecular weight excluding hydrogens is 418 g/mol. The third-order valence-electron chi connectivity index (χ3n) is 3.65. The van der Waals surface area contributed by atoms with Crippen LogP contribution in [0.1, 0.15) is 5.56 Å². The largest absolute Gasteiger partial charge is 0.280 e. The Kier molecular flexibility index (Phi) is 6.05. The number of nitro groups is 1. The van der Waals surface area contributed by atoms with E-state index in [4.69, 9.17) is 11.6 Å². The second-order valence-corrected chi connectivity index (χ2v) is 7.79. The SMILES string of the molecule is O=[N+]([O-])c1ccc(NN=Cc2cccnc2)c(S(=O)(=O)Nc2ccc(Cl)cc2)c1. The minimum Gasteiger partial charge on any atom is -0.280 e. The Hall–Kier alpha value is -3.50. The molecule has 9 nitrogen and oxygen atoms in total. The maximum absolute atomic E-state index is 12.8. The number of benzene rings is 2. The number of pyridine rings is 1. The van der Waals surface area contributed by atoms with Gasteiger partial charge in [0.05, 0.1) is 16.8 Å². The van der Waals surface area contributed by atoms with Crippen molar-refractivity contribution in [3.8, 4) is 0 Å². The fourth-order valence-electron chi connectivity index (χ4n) is 2.30. The normalized spacial score (nSPS) is 11.3. The summed E-state index contributed by atoms with van der Waals surface area (Å²) < 4.78 is 28.1. The van der Waals surface area contributed by atoms with Gasteiger partial charge in [-0.25, -0.2) is 8.42 Å². The summed E-state index contributed by atoms with van der Waals surface area (Å²) in [4.78, 5) is 14.0. The van der Waals surface area contributed by atoms with Crippen LogP contribution >= 0.6 is 11.6 Å². The van der Waals surface area contributed by atoms with Gasteiger partial charge in [-0.1, -0.05) is 17.7 Å². The smallest absolute Gasteiger partial charge is 0.270 e. The van der Waals surface area contributed by atoms with Crippen LogP contribution in [0.25, 0.3) is 0 Å². The maximum Gasteiger partial charge on any atom is 0.270 e. The molecule has 0 radical (unpaired) electrons.